The molecular weight excluding hydrogens is 424 g/mol. The van der Waals surface area contributed by atoms with Crippen LogP contribution in [0, 0.1) is 6.92 Å². The molecule has 10 heteroatoms. The predicted molar refractivity (Wildman–Crippen MR) is 109 cm³/mol. The van der Waals surface area contributed by atoms with Crippen LogP contribution in [0.2, 0.25) is 5.02 Å². The van der Waals surface area contributed by atoms with Gasteiger partial charge in [0.25, 0.3) is 0 Å². The fourth-order valence-electron chi connectivity index (χ4n) is 3.61. The van der Waals surface area contributed by atoms with Gasteiger partial charge in [0.05, 0.1) is 24.3 Å². The maximum absolute atomic E-state index is 12.8. The molecule has 3 aromatic rings. The Morgan fingerprint density at radius 2 is 2.00 bits per heavy atom. The molecule has 1 amide bonds. The van der Waals surface area contributed by atoms with E-state index in [2.05, 4.69) is 15.3 Å². The molecule has 162 valence electrons. The van der Waals surface area contributed by atoms with Gasteiger partial charge in [-0.3, -0.25) is 9.59 Å². The van der Waals surface area contributed by atoms with Crippen LogP contribution in [0.1, 0.15) is 30.2 Å². The van der Waals surface area contributed by atoms with Crippen molar-refractivity contribution >= 4 is 23.3 Å². The zero-order chi connectivity index (χ0) is 22.0. The molecule has 1 N–H and O–H groups in total. The van der Waals surface area contributed by atoms with Gasteiger partial charge in [0.15, 0.2) is 5.78 Å². The summed E-state index contributed by atoms with van der Waals surface area (Å²) in [5.41, 5.74) is 1.43. The Bertz CT molecular complexity index is 1080. The summed E-state index contributed by atoms with van der Waals surface area (Å²) in [6.45, 7) is 1.88. The van der Waals surface area contributed by atoms with Crippen molar-refractivity contribution in [2.24, 2.45) is 0 Å². The van der Waals surface area contributed by atoms with E-state index in [1.807, 2.05) is 0 Å². The number of rotatable bonds is 7. The number of carbonyl (C=O) groups is 2. The largest absolute Gasteiger partial charge is 0.391 e. The van der Waals surface area contributed by atoms with Crippen LogP contribution >= 0.6 is 11.6 Å². The highest BCUT2D eigenvalue weighted by molar-refractivity contribution is 6.30. The minimum Gasteiger partial charge on any atom is -0.391 e. The Morgan fingerprint density at radius 1 is 1.23 bits per heavy atom. The number of aliphatic hydroxyl groups excluding tert-OH is 1. The van der Waals surface area contributed by atoms with Gasteiger partial charge in [0, 0.05) is 42.5 Å². The molecule has 0 radical (unpaired) electrons. The van der Waals surface area contributed by atoms with Crippen LogP contribution in [-0.2, 0) is 22.4 Å². The van der Waals surface area contributed by atoms with Gasteiger partial charge in [-0.1, -0.05) is 21.9 Å². The molecule has 9 nitrogen and oxygen atoms in total. The first kappa shape index (κ1) is 21.2. The summed E-state index contributed by atoms with van der Waals surface area (Å²) < 4.78 is 10.3. The maximum atomic E-state index is 12.8. The summed E-state index contributed by atoms with van der Waals surface area (Å²) in [6.07, 6.45) is -0.180. The molecule has 4 rings (SSSR count). The highest BCUT2D eigenvalue weighted by Gasteiger charge is 2.38. The van der Waals surface area contributed by atoms with E-state index in [0.29, 0.717) is 28.2 Å². The first-order valence-corrected chi connectivity index (χ1v) is 10.3. The molecular formula is C21H21ClN4O5. The van der Waals surface area contributed by atoms with E-state index in [4.69, 9.17) is 20.6 Å². The molecule has 1 saturated heterocycles. The number of likely N-dealkylation sites (tertiary alicyclic amines) is 1. The zero-order valence-corrected chi connectivity index (χ0v) is 17.6. The fourth-order valence-corrected chi connectivity index (χ4v) is 3.74. The summed E-state index contributed by atoms with van der Waals surface area (Å²) >= 11 is 5.89. The molecule has 2 atom stereocenters. The molecule has 1 aliphatic rings. The Hall–Kier alpha value is -3.04. The third-order valence-corrected chi connectivity index (χ3v) is 5.38. The molecule has 0 saturated carbocycles. The minimum atomic E-state index is -0.741. The Kier molecular flexibility index (Phi) is 6.15. The van der Waals surface area contributed by atoms with Crippen molar-refractivity contribution in [2.45, 2.75) is 44.8 Å². The number of aromatic nitrogens is 3. The van der Waals surface area contributed by atoms with Crippen LogP contribution in [0.5, 0.6) is 0 Å². The standard InChI is InChI=1S/C21H21ClN4O5/c1-12-8-16(30-24-12)10-20(29)26-11-15(27)9-17(26)18(28)6-7-19-23-21(25-31-19)13-2-4-14(22)5-3-13/h2-5,8,15,17,27H,6-7,9-11H2,1H3/t15-,17+/m1/s1. The first-order valence-electron chi connectivity index (χ1n) is 9.90. The summed E-state index contributed by atoms with van der Waals surface area (Å²) in [4.78, 5) is 31.2. The van der Waals surface area contributed by atoms with Crippen LogP contribution in [0.25, 0.3) is 11.4 Å². The number of β-amino-alcohol motifs (C(OH)–C–C–N with tert-alkyl or cyclic N) is 1. The predicted octanol–water partition coefficient (Wildman–Crippen LogP) is 2.39. The average molecular weight is 445 g/mol. The Labute approximate surface area is 183 Å². The lowest BCUT2D eigenvalue weighted by Gasteiger charge is -2.22. The SMILES string of the molecule is Cc1cc(CC(=O)N2C[C@H](O)C[C@H]2C(=O)CCc2nc(-c3ccc(Cl)cc3)no2)on1. The van der Waals surface area contributed by atoms with Crippen LogP contribution in [0.15, 0.2) is 39.4 Å². The third kappa shape index (κ3) is 5.00. The lowest BCUT2D eigenvalue weighted by Crippen LogP contribution is -2.41. The molecule has 2 aromatic heterocycles. The second-order valence-electron chi connectivity index (χ2n) is 7.55. The second kappa shape index (κ2) is 8.99. The number of halogens is 1. The third-order valence-electron chi connectivity index (χ3n) is 5.13. The number of benzene rings is 1. The van der Waals surface area contributed by atoms with Crippen molar-refractivity contribution in [3.8, 4) is 11.4 Å². The number of hydrogen-bond acceptors (Lipinski definition) is 8. The van der Waals surface area contributed by atoms with Crippen LogP contribution in [-0.4, -0.2) is 55.7 Å². The van der Waals surface area contributed by atoms with E-state index < -0.39 is 12.1 Å². The second-order valence-corrected chi connectivity index (χ2v) is 7.98. The highest BCUT2D eigenvalue weighted by atomic mass is 35.5. The average Bonchev–Trinajstić information content (AvgIpc) is 3.47. The van der Waals surface area contributed by atoms with Crippen LogP contribution in [0.3, 0.4) is 0 Å². The van der Waals surface area contributed by atoms with Crippen molar-refractivity contribution in [2.75, 3.05) is 6.54 Å². The summed E-state index contributed by atoms with van der Waals surface area (Å²) in [6, 6.07) is 8.00. The number of carbonyl (C=O) groups excluding carboxylic acids is 2. The van der Waals surface area contributed by atoms with Gasteiger partial charge in [-0.25, -0.2) is 0 Å². The normalized spacial score (nSPS) is 18.5. The van der Waals surface area contributed by atoms with E-state index in [9.17, 15) is 14.7 Å². The van der Waals surface area contributed by atoms with Crippen molar-refractivity contribution in [1.29, 1.82) is 0 Å². The van der Waals surface area contributed by atoms with Crippen LogP contribution in [0.4, 0.5) is 0 Å². The van der Waals surface area contributed by atoms with E-state index in [-0.39, 0.29) is 43.9 Å². The quantitative estimate of drug-likeness (QED) is 0.589. The Morgan fingerprint density at radius 3 is 2.71 bits per heavy atom. The Balaban J connectivity index is 1.37. The smallest absolute Gasteiger partial charge is 0.231 e. The number of Topliss-reactive ketones (excluding diaryl/α,β-unsaturated/α-hetero) is 1. The molecule has 31 heavy (non-hydrogen) atoms. The first-order chi connectivity index (χ1) is 14.9. The van der Waals surface area contributed by atoms with Gasteiger partial charge in [-0.15, -0.1) is 0 Å². The number of hydrogen-bond donors (Lipinski definition) is 1. The maximum Gasteiger partial charge on any atom is 0.231 e. The summed E-state index contributed by atoms with van der Waals surface area (Å²) in [7, 11) is 0. The summed E-state index contributed by atoms with van der Waals surface area (Å²) in [5, 5.41) is 18.3. The van der Waals surface area contributed by atoms with Gasteiger partial charge in [-0.05, 0) is 31.2 Å². The molecule has 0 spiro atoms. The topological polar surface area (TPSA) is 123 Å². The van der Waals surface area contributed by atoms with Crippen molar-refractivity contribution in [3.05, 3.63) is 52.7 Å². The number of aryl methyl sites for hydroxylation is 2. The lowest BCUT2D eigenvalue weighted by atomic mass is 10.0. The minimum absolute atomic E-state index is 0.00848. The summed E-state index contributed by atoms with van der Waals surface area (Å²) in [5.74, 6) is 0.718. The molecule has 1 fully saturated rings. The number of ketones is 1. The van der Waals surface area contributed by atoms with E-state index in [0.717, 1.165) is 5.56 Å². The van der Waals surface area contributed by atoms with Gasteiger partial charge >= 0.3 is 0 Å². The molecule has 0 bridgehead atoms. The van der Waals surface area contributed by atoms with Gasteiger partial charge in [0.2, 0.25) is 17.6 Å². The number of aliphatic hydroxyl groups is 1. The molecule has 1 aliphatic heterocycles. The van der Waals surface area contributed by atoms with Crippen molar-refractivity contribution in [1.82, 2.24) is 20.2 Å². The number of amides is 1. The zero-order valence-electron chi connectivity index (χ0n) is 16.8. The van der Waals surface area contributed by atoms with E-state index in [1.165, 1.54) is 4.90 Å². The van der Waals surface area contributed by atoms with Gasteiger partial charge in [-0.2, -0.15) is 4.98 Å². The number of nitrogens with zero attached hydrogens (tertiary/aromatic N) is 4. The molecule has 3 heterocycles. The van der Waals surface area contributed by atoms with Crippen LogP contribution < -0.4 is 0 Å². The van der Waals surface area contributed by atoms with Crippen molar-refractivity contribution < 1.29 is 23.7 Å². The van der Waals surface area contributed by atoms with E-state index >= 15 is 0 Å². The molecule has 0 unspecified atom stereocenters. The lowest BCUT2D eigenvalue weighted by molar-refractivity contribution is -0.137. The van der Waals surface area contributed by atoms with Gasteiger partial charge < -0.3 is 19.1 Å². The van der Waals surface area contributed by atoms with Crippen molar-refractivity contribution in [3.63, 3.8) is 0 Å². The van der Waals surface area contributed by atoms with E-state index in [1.54, 1.807) is 37.3 Å². The highest BCUT2D eigenvalue weighted by Crippen LogP contribution is 2.23. The molecule has 0 aliphatic carbocycles. The van der Waals surface area contributed by atoms with Gasteiger partial charge in [0.1, 0.15) is 5.76 Å². The molecule has 1 aromatic carbocycles. The monoisotopic (exact) mass is 444 g/mol. The fraction of sp³-hybridized carbons (Fsp3) is 0.381.